The number of anilines is 1. The van der Waals surface area contributed by atoms with Gasteiger partial charge in [0.2, 0.25) is 0 Å². The number of hydrogen-bond donors (Lipinski definition) is 1. The van der Waals surface area contributed by atoms with Gasteiger partial charge in [0.15, 0.2) is 0 Å². The van der Waals surface area contributed by atoms with Crippen LogP contribution in [0.15, 0.2) is 60.2 Å². The van der Waals surface area contributed by atoms with Gasteiger partial charge in [-0.3, -0.25) is 4.79 Å². The Bertz CT molecular complexity index is 820. The Morgan fingerprint density at radius 2 is 1.78 bits per heavy atom. The molecular formula is C17H14N2O3S. The molecule has 0 aliphatic rings. The maximum Gasteiger partial charge on any atom is 0.337 e. The number of amides is 1. The van der Waals surface area contributed by atoms with Gasteiger partial charge in [0, 0.05) is 18.1 Å². The highest BCUT2D eigenvalue weighted by molar-refractivity contribution is 7.12. The standard InChI is InChI=1S/C17H14N2O3S/c1-22-17(21)12-4-6-13(7-5-12)18-16(20)15-14(8-11-23-15)19-9-2-3-10-19/h2-11H,1H3,(H,18,20). The molecule has 2 heterocycles. The number of hydrogen-bond acceptors (Lipinski definition) is 4. The molecule has 6 heteroatoms. The Balaban J connectivity index is 1.78. The molecule has 5 nitrogen and oxygen atoms in total. The number of benzene rings is 1. The van der Waals surface area contributed by atoms with E-state index in [1.165, 1.54) is 18.4 Å². The quantitative estimate of drug-likeness (QED) is 0.746. The molecule has 23 heavy (non-hydrogen) atoms. The van der Waals surface area contributed by atoms with Gasteiger partial charge in [-0.15, -0.1) is 11.3 Å². The van der Waals surface area contributed by atoms with E-state index in [1.807, 2.05) is 40.5 Å². The predicted octanol–water partition coefficient (Wildman–Crippen LogP) is 3.58. The van der Waals surface area contributed by atoms with Crippen LogP contribution in [0.2, 0.25) is 0 Å². The molecule has 0 spiro atoms. The summed E-state index contributed by atoms with van der Waals surface area (Å²) in [4.78, 5) is 24.5. The molecule has 0 saturated heterocycles. The van der Waals surface area contributed by atoms with Crippen LogP contribution >= 0.6 is 11.3 Å². The fraction of sp³-hybridized carbons (Fsp3) is 0.0588. The van der Waals surface area contributed by atoms with E-state index in [9.17, 15) is 9.59 Å². The summed E-state index contributed by atoms with van der Waals surface area (Å²) >= 11 is 1.38. The molecule has 1 N–H and O–H groups in total. The van der Waals surface area contributed by atoms with Crippen LogP contribution in [-0.2, 0) is 4.74 Å². The second kappa shape index (κ2) is 6.50. The Labute approximate surface area is 137 Å². The van der Waals surface area contributed by atoms with Crippen LogP contribution in [0, 0.1) is 0 Å². The third-order valence-electron chi connectivity index (χ3n) is 3.30. The minimum absolute atomic E-state index is 0.186. The number of thiophene rings is 1. The lowest BCUT2D eigenvalue weighted by Gasteiger charge is -2.07. The summed E-state index contributed by atoms with van der Waals surface area (Å²) in [5.74, 6) is -0.592. The van der Waals surface area contributed by atoms with Crippen molar-refractivity contribution in [2.75, 3.05) is 12.4 Å². The van der Waals surface area contributed by atoms with E-state index in [0.717, 1.165) is 5.69 Å². The molecule has 0 radical (unpaired) electrons. The number of aromatic nitrogens is 1. The van der Waals surface area contributed by atoms with Crippen LogP contribution in [-0.4, -0.2) is 23.6 Å². The van der Waals surface area contributed by atoms with E-state index in [4.69, 9.17) is 0 Å². The van der Waals surface area contributed by atoms with Crippen molar-refractivity contribution >= 4 is 28.9 Å². The number of carbonyl (C=O) groups is 2. The minimum atomic E-state index is -0.406. The molecule has 1 amide bonds. The Morgan fingerprint density at radius 1 is 1.09 bits per heavy atom. The fourth-order valence-corrected chi connectivity index (χ4v) is 2.95. The van der Waals surface area contributed by atoms with Gasteiger partial charge < -0.3 is 14.6 Å². The van der Waals surface area contributed by atoms with Gasteiger partial charge in [0.1, 0.15) is 4.88 Å². The molecule has 0 bridgehead atoms. The van der Waals surface area contributed by atoms with Crippen LogP contribution < -0.4 is 5.32 Å². The van der Waals surface area contributed by atoms with Crippen molar-refractivity contribution in [3.05, 3.63) is 70.7 Å². The van der Waals surface area contributed by atoms with Crippen molar-refractivity contribution in [1.82, 2.24) is 4.57 Å². The molecular weight excluding hydrogens is 312 g/mol. The number of nitrogens with zero attached hydrogens (tertiary/aromatic N) is 1. The normalized spacial score (nSPS) is 10.3. The van der Waals surface area contributed by atoms with Gasteiger partial charge in [0.05, 0.1) is 18.4 Å². The van der Waals surface area contributed by atoms with E-state index < -0.39 is 5.97 Å². The van der Waals surface area contributed by atoms with Gasteiger partial charge in [-0.2, -0.15) is 0 Å². The molecule has 0 fully saturated rings. The van der Waals surface area contributed by atoms with Crippen LogP contribution in [0.3, 0.4) is 0 Å². The van der Waals surface area contributed by atoms with E-state index in [0.29, 0.717) is 16.1 Å². The van der Waals surface area contributed by atoms with Crippen LogP contribution in [0.25, 0.3) is 5.69 Å². The zero-order valence-electron chi connectivity index (χ0n) is 12.4. The highest BCUT2D eigenvalue weighted by Crippen LogP contribution is 2.23. The first-order chi connectivity index (χ1) is 11.2. The average Bonchev–Trinajstić information content (AvgIpc) is 3.25. The molecule has 3 aromatic rings. The SMILES string of the molecule is COC(=O)c1ccc(NC(=O)c2sccc2-n2cccc2)cc1. The zero-order valence-corrected chi connectivity index (χ0v) is 13.2. The van der Waals surface area contributed by atoms with E-state index in [1.54, 1.807) is 24.3 Å². The summed E-state index contributed by atoms with van der Waals surface area (Å²) in [5, 5.41) is 4.72. The van der Waals surface area contributed by atoms with E-state index in [2.05, 4.69) is 10.1 Å². The van der Waals surface area contributed by atoms with Crippen molar-refractivity contribution in [3.8, 4) is 5.69 Å². The smallest absolute Gasteiger partial charge is 0.337 e. The zero-order chi connectivity index (χ0) is 16.2. The summed E-state index contributed by atoms with van der Waals surface area (Å²) < 4.78 is 6.54. The first-order valence-electron chi connectivity index (χ1n) is 6.89. The summed E-state index contributed by atoms with van der Waals surface area (Å²) in [6.45, 7) is 0. The van der Waals surface area contributed by atoms with Gasteiger partial charge in [-0.1, -0.05) is 0 Å². The average molecular weight is 326 g/mol. The lowest BCUT2D eigenvalue weighted by molar-refractivity contribution is 0.0600. The summed E-state index contributed by atoms with van der Waals surface area (Å²) in [6, 6.07) is 12.3. The molecule has 0 atom stereocenters. The van der Waals surface area contributed by atoms with Crippen molar-refractivity contribution in [2.45, 2.75) is 0 Å². The fourth-order valence-electron chi connectivity index (χ4n) is 2.17. The summed E-state index contributed by atoms with van der Waals surface area (Å²) in [7, 11) is 1.33. The number of ether oxygens (including phenoxy) is 1. The lowest BCUT2D eigenvalue weighted by Crippen LogP contribution is -2.12. The van der Waals surface area contributed by atoms with E-state index >= 15 is 0 Å². The summed E-state index contributed by atoms with van der Waals surface area (Å²) in [6.07, 6.45) is 3.79. The maximum atomic E-state index is 12.5. The van der Waals surface area contributed by atoms with Gasteiger partial charge >= 0.3 is 5.97 Å². The van der Waals surface area contributed by atoms with Crippen molar-refractivity contribution in [3.63, 3.8) is 0 Å². The van der Waals surface area contributed by atoms with Crippen molar-refractivity contribution < 1.29 is 14.3 Å². The first kappa shape index (κ1) is 15.1. The number of esters is 1. The van der Waals surface area contributed by atoms with Crippen molar-refractivity contribution in [1.29, 1.82) is 0 Å². The van der Waals surface area contributed by atoms with Gasteiger partial charge in [-0.05, 0) is 47.8 Å². The molecule has 2 aromatic heterocycles. The number of nitrogens with one attached hydrogen (secondary N) is 1. The highest BCUT2D eigenvalue weighted by Gasteiger charge is 2.14. The largest absolute Gasteiger partial charge is 0.465 e. The Morgan fingerprint density at radius 3 is 2.43 bits per heavy atom. The third kappa shape index (κ3) is 3.17. The molecule has 116 valence electrons. The molecule has 0 saturated carbocycles. The number of rotatable bonds is 4. The molecule has 0 unspecified atom stereocenters. The van der Waals surface area contributed by atoms with Crippen molar-refractivity contribution in [2.24, 2.45) is 0 Å². The molecule has 0 aliphatic carbocycles. The van der Waals surface area contributed by atoms with Gasteiger partial charge in [0.25, 0.3) is 5.91 Å². The van der Waals surface area contributed by atoms with Crippen LogP contribution in [0.4, 0.5) is 5.69 Å². The second-order valence-corrected chi connectivity index (χ2v) is 5.66. The highest BCUT2D eigenvalue weighted by atomic mass is 32.1. The molecule has 1 aromatic carbocycles. The van der Waals surface area contributed by atoms with E-state index in [-0.39, 0.29) is 5.91 Å². The molecule has 3 rings (SSSR count). The minimum Gasteiger partial charge on any atom is -0.465 e. The molecule has 0 aliphatic heterocycles. The van der Waals surface area contributed by atoms with Gasteiger partial charge in [-0.25, -0.2) is 4.79 Å². The predicted molar refractivity (Wildman–Crippen MR) is 89.4 cm³/mol. The Kier molecular flexibility index (Phi) is 4.25. The van der Waals surface area contributed by atoms with Crippen LogP contribution in [0.1, 0.15) is 20.0 Å². The third-order valence-corrected chi connectivity index (χ3v) is 4.20. The first-order valence-corrected chi connectivity index (χ1v) is 7.77. The van der Waals surface area contributed by atoms with Crippen LogP contribution in [0.5, 0.6) is 0 Å². The lowest BCUT2D eigenvalue weighted by atomic mass is 10.2. The maximum absolute atomic E-state index is 12.5. The topological polar surface area (TPSA) is 60.3 Å². The Hall–Kier alpha value is -2.86. The summed E-state index contributed by atoms with van der Waals surface area (Å²) in [5.41, 5.74) is 1.90. The number of carbonyl (C=O) groups excluding carboxylic acids is 2. The monoisotopic (exact) mass is 326 g/mol. The second-order valence-electron chi connectivity index (χ2n) is 4.75. The number of methoxy groups -OCH3 is 1.